The van der Waals surface area contributed by atoms with Crippen LogP contribution in [0.5, 0.6) is 5.75 Å². The van der Waals surface area contributed by atoms with Crippen molar-refractivity contribution in [3.05, 3.63) is 87.6 Å². The van der Waals surface area contributed by atoms with Crippen LogP contribution in [-0.2, 0) is 11.3 Å². The van der Waals surface area contributed by atoms with Crippen molar-refractivity contribution in [1.82, 2.24) is 19.2 Å². The summed E-state index contributed by atoms with van der Waals surface area (Å²) in [6.45, 7) is -0.165. The van der Waals surface area contributed by atoms with Gasteiger partial charge in [0, 0.05) is 25.7 Å². The summed E-state index contributed by atoms with van der Waals surface area (Å²) in [6, 6.07) is 14.3. The molecule has 186 valence electrons. The van der Waals surface area contributed by atoms with Crippen LogP contribution in [-0.4, -0.2) is 45.6 Å². The molecule has 9 nitrogen and oxygen atoms in total. The molecule has 4 rings (SSSR count). The quantitative estimate of drug-likeness (QED) is 0.437. The summed E-state index contributed by atoms with van der Waals surface area (Å²) in [6.07, 6.45) is -3.37. The Morgan fingerprint density at radius 3 is 2.28 bits per heavy atom. The zero-order valence-electron chi connectivity index (χ0n) is 19.1. The SMILES string of the molecule is CN(C)C(=O)Cn1cccc(Nc2nn(-c3ccc(OC(F)(F)F)cc3)c(=O)c3ccccc23)c1=O. The summed E-state index contributed by atoms with van der Waals surface area (Å²) in [5.41, 5.74) is -0.695. The Kier molecular flexibility index (Phi) is 6.51. The molecule has 0 fully saturated rings. The molecule has 1 N–H and O–H groups in total. The zero-order chi connectivity index (χ0) is 26.0. The molecule has 0 saturated carbocycles. The monoisotopic (exact) mass is 499 g/mol. The van der Waals surface area contributed by atoms with Gasteiger partial charge in [-0.15, -0.1) is 18.3 Å². The minimum Gasteiger partial charge on any atom is -0.406 e. The minimum atomic E-state index is -4.85. The predicted octanol–water partition coefficient (Wildman–Crippen LogP) is 3.28. The second kappa shape index (κ2) is 9.56. The van der Waals surface area contributed by atoms with Crippen molar-refractivity contribution < 1.29 is 22.7 Å². The summed E-state index contributed by atoms with van der Waals surface area (Å²) < 4.78 is 43.6. The molecule has 2 heterocycles. The number of carbonyl (C=O) groups is 1. The number of fused-ring (bicyclic) bond motifs is 1. The molecule has 2 aromatic carbocycles. The molecule has 0 unspecified atom stereocenters. The van der Waals surface area contributed by atoms with Gasteiger partial charge in [0.25, 0.3) is 11.1 Å². The summed E-state index contributed by atoms with van der Waals surface area (Å²) in [5, 5.41) is 7.97. The van der Waals surface area contributed by atoms with Gasteiger partial charge in [0.05, 0.1) is 11.1 Å². The van der Waals surface area contributed by atoms with E-state index >= 15 is 0 Å². The van der Waals surface area contributed by atoms with Crippen molar-refractivity contribution >= 4 is 28.2 Å². The van der Waals surface area contributed by atoms with E-state index in [4.69, 9.17) is 0 Å². The lowest BCUT2D eigenvalue weighted by molar-refractivity contribution is -0.274. The molecule has 2 aromatic heterocycles. The van der Waals surface area contributed by atoms with Crippen LogP contribution in [0.15, 0.2) is 76.4 Å². The number of amides is 1. The number of carbonyl (C=O) groups excluding carboxylic acids is 1. The summed E-state index contributed by atoms with van der Waals surface area (Å²) >= 11 is 0. The van der Waals surface area contributed by atoms with Crippen molar-refractivity contribution in [2.75, 3.05) is 19.4 Å². The summed E-state index contributed by atoms with van der Waals surface area (Å²) in [4.78, 5) is 39.5. The number of anilines is 2. The number of benzene rings is 2. The van der Waals surface area contributed by atoms with Gasteiger partial charge < -0.3 is 19.5 Å². The van der Waals surface area contributed by atoms with Crippen LogP contribution in [0.2, 0.25) is 0 Å². The number of pyridine rings is 1. The van der Waals surface area contributed by atoms with E-state index in [1.54, 1.807) is 44.4 Å². The van der Waals surface area contributed by atoms with Crippen molar-refractivity contribution in [3.8, 4) is 11.4 Å². The normalized spacial score (nSPS) is 11.4. The molecule has 4 aromatic rings. The Labute approximate surface area is 202 Å². The molecule has 0 aliphatic heterocycles. The summed E-state index contributed by atoms with van der Waals surface area (Å²) in [5.74, 6) is -0.561. The smallest absolute Gasteiger partial charge is 0.406 e. The first-order valence-electron chi connectivity index (χ1n) is 10.6. The van der Waals surface area contributed by atoms with Gasteiger partial charge in [-0.1, -0.05) is 18.2 Å². The van der Waals surface area contributed by atoms with Crippen LogP contribution in [0.25, 0.3) is 16.5 Å². The first-order valence-corrected chi connectivity index (χ1v) is 10.6. The van der Waals surface area contributed by atoms with E-state index in [2.05, 4.69) is 15.2 Å². The van der Waals surface area contributed by atoms with Gasteiger partial charge in [0.15, 0.2) is 5.82 Å². The molecule has 0 bridgehead atoms. The van der Waals surface area contributed by atoms with Crippen LogP contribution < -0.4 is 21.2 Å². The molecule has 36 heavy (non-hydrogen) atoms. The van der Waals surface area contributed by atoms with Gasteiger partial charge in [-0.2, -0.15) is 4.68 Å². The molecule has 0 spiro atoms. The van der Waals surface area contributed by atoms with Crippen LogP contribution in [0.3, 0.4) is 0 Å². The van der Waals surface area contributed by atoms with Crippen molar-refractivity contribution in [2.24, 2.45) is 0 Å². The van der Waals surface area contributed by atoms with Crippen LogP contribution in [0.1, 0.15) is 0 Å². The van der Waals surface area contributed by atoms with E-state index in [1.807, 2.05) is 0 Å². The van der Waals surface area contributed by atoms with Gasteiger partial charge in [-0.3, -0.25) is 14.4 Å². The maximum Gasteiger partial charge on any atom is 0.573 e. The zero-order valence-corrected chi connectivity index (χ0v) is 19.1. The van der Waals surface area contributed by atoms with Gasteiger partial charge in [-0.25, -0.2) is 0 Å². The third kappa shape index (κ3) is 5.22. The molecular formula is C24H20F3N5O4. The number of alkyl halides is 3. The molecular weight excluding hydrogens is 479 g/mol. The topological polar surface area (TPSA) is 98.5 Å². The lowest BCUT2D eigenvalue weighted by Crippen LogP contribution is -2.32. The minimum absolute atomic E-state index is 0.112. The molecule has 0 atom stereocenters. The van der Waals surface area contributed by atoms with E-state index in [0.717, 1.165) is 16.8 Å². The fourth-order valence-electron chi connectivity index (χ4n) is 3.42. The largest absolute Gasteiger partial charge is 0.573 e. The van der Waals surface area contributed by atoms with Gasteiger partial charge in [0.2, 0.25) is 5.91 Å². The van der Waals surface area contributed by atoms with Crippen molar-refractivity contribution in [3.63, 3.8) is 0 Å². The highest BCUT2D eigenvalue weighted by molar-refractivity contribution is 5.92. The van der Waals surface area contributed by atoms with E-state index in [9.17, 15) is 27.6 Å². The number of aromatic nitrogens is 3. The third-order valence-corrected chi connectivity index (χ3v) is 5.20. The second-order valence-electron chi connectivity index (χ2n) is 7.92. The fraction of sp³-hybridized carbons (Fsp3) is 0.167. The average Bonchev–Trinajstić information content (AvgIpc) is 2.83. The summed E-state index contributed by atoms with van der Waals surface area (Å²) in [7, 11) is 3.16. The molecule has 1 amide bonds. The molecule has 0 aliphatic carbocycles. The van der Waals surface area contributed by atoms with Crippen molar-refractivity contribution in [1.29, 1.82) is 0 Å². The second-order valence-corrected chi connectivity index (χ2v) is 7.92. The van der Waals surface area contributed by atoms with Crippen LogP contribution in [0, 0.1) is 0 Å². The standard InChI is InChI=1S/C24H20F3N5O4/c1-30(2)20(33)14-31-13-5-8-19(23(31)35)28-21-17-6-3-4-7-18(17)22(34)32(29-21)15-9-11-16(12-10-15)36-24(25,26)27/h3-13H,14H2,1-2H3,(H,28,29). The highest BCUT2D eigenvalue weighted by Gasteiger charge is 2.31. The number of hydrogen-bond acceptors (Lipinski definition) is 6. The first kappa shape index (κ1) is 24.5. The van der Waals surface area contributed by atoms with E-state index in [1.165, 1.54) is 33.9 Å². The number of halogens is 3. The molecule has 0 saturated heterocycles. The Balaban J connectivity index is 1.77. The fourth-order valence-corrected chi connectivity index (χ4v) is 3.42. The van der Waals surface area contributed by atoms with Crippen molar-refractivity contribution in [2.45, 2.75) is 12.9 Å². The Hall–Kier alpha value is -4.61. The highest BCUT2D eigenvalue weighted by Crippen LogP contribution is 2.25. The van der Waals surface area contributed by atoms with Crippen LogP contribution in [0.4, 0.5) is 24.7 Å². The van der Waals surface area contributed by atoms with Gasteiger partial charge in [-0.05, 0) is 42.5 Å². The van der Waals surface area contributed by atoms with Gasteiger partial charge >= 0.3 is 6.36 Å². The highest BCUT2D eigenvalue weighted by atomic mass is 19.4. The van der Waals surface area contributed by atoms with E-state index in [0.29, 0.717) is 5.39 Å². The lowest BCUT2D eigenvalue weighted by Gasteiger charge is -2.15. The van der Waals surface area contributed by atoms with Gasteiger partial charge in [0.1, 0.15) is 18.0 Å². The molecule has 0 aliphatic rings. The number of hydrogen-bond donors (Lipinski definition) is 1. The predicted molar refractivity (Wildman–Crippen MR) is 127 cm³/mol. The Morgan fingerprint density at radius 1 is 0.972 bits per heavy atom. The molecule has 0 radical (unpaired) electrons. The van der Waals surface area contributed by atoms with Crippen LogP contribution >= 0.6 is 0 Å². The maximum atomic E-state index is 13.1. The lowest BCUT2D eigenvalue weighted by atomic mass is 10.2. The Bertz CT molecular complexity index is 1540. The van der Waals surface area contributed by atoms with E-state index in [-0.39, 0.29) is 35.0 Å². The molecule has 12 heteroatoms. The number of ether oxygens (including phenoxy) is 1. The van der Waals surface area contributed by atoms with E-state index < -0.39 is 23.2 Å². The third-order valence-electron chi connectivity index (χ3n) is 5.20. The maximum absolute atomic E-state index is 13.1. The average molecular weight is 499 g/mol. The number of nitrogens with zero attached hydrogens (tertiary/aromatic N) is 4. The Morgan fingerprint density at radius 2 is 1.64 bits per heavy atom. The first-order chi connectivity index (χ1) is 17.0. The number of rotatable bonds is 6. The number of likely N-dealkylation sites (N-methyl/N-ethyl adjacent to an activating group) is 1. The number of nitrogens with one attached hydrogen (secondary N) is 1.